The van der Waals surface area contributed by atoms with Crippen LogP contribution in [0.4, 0.5) is 4.79 Å². The largest absolute Gasteiger partial charge is 0.480 e. The maximum absolute atomic E-state index is 12.1. The Kier molecular flexibility index (Phi) is 10.0. The minimum Gasteiger partial charge on any atom is -0.480 e. The summed E-state index contributed by atoms with van der Waals surface area (Å²) in [5.74, 6) is -1.72. The maximum Gasteiger partial charge on any atom is 0.407 e. The fourth-order valence-corrected chi connectivity index (χ4v) is 2.93. The van der Waals surface area contributed by atoms with E-state index < -0.39 is 30.1 Å². The zero-order valence-corrected chi connectivity index (χ0v) is 17.2. The second-order valence-electron chi connectivity index (χ2n) is 7.14. The van der Waals surface area contributed by atoms with E-state index in [0.717, 1.165) is 11.1 Å². The molecule has 8 nitrogen and oxygen atoms in total. The molecule has 0 bridgehead atoms. The second kappa shape index (κ2) is 13.0. The topological polar surface area (TPSA) is 125 Å². The third kappa shape index (κ3) is 9.77. The average Bonchev–Trinajstić information content (AvgIpc) is 2.77. The predicted octanol–water partition coefficient (Wildman–Crippen LogP) is 2.26. The highest BCUT2D eigenvalue weighted by molar-refractivity contribution is 5.83. The number of nitrogens with one attached hydrogen (secondary N) is 2. The minimum absolute atomic E-state index is 0.0898. The van der Waals surface area contributed by atoms with Crippen LogP contribution in [-0.4, -0.2) is 46.9 Å². The molecule has 2 atom stereocenters. The Morgan fingerprint density at radius 3 is 2.16 bits per heavy atom. The first-order chi connectivity index (χ1) is 14.9. The molecule has 0 heterocycles. The van der Waals surface area contributed by atoms with E-state index in [-0.39, 0.29) is 26.0 Å². The van der Waals surface area contributed by atoms with Crippen molar-refractivity contribution in [1.29, 1.82) is 0 Å². The molecule has 2 aromatic carbocycles. The van der Waals surface area contributed by atoms with Gasteiger partial charge in [-0.15, -0.1) is 0 Å². The number of aliphatic hydroxyl groups is 1. The van der Waals surface area contributed by atoms with E-state index in [4.69, 9.17) is 4.74 Å². The number of hydrogen-bond acceptors (Lipinski definition) is 5. The number of carboxylic acid groups (broad SMARTS) is 1. The number of amides is 2. The van der Waals surface area contributed by atoms with Gasteiger partial charge in [-0.25, -0.2) is 9.59 Å². The van der Waals surface area contributed by atoms with Gasteiger partial charge < -0.3 is 25.6 Å². The molecule has 8 heteroatoms. The summed E-state index contributed by atoms with van der Waals surface area (Å²) in [7, 11) is 0. The molecule has 0 spiro atoms. The van der Waals surface area contributed by atoms with Crippen molar-refractivity contribution < 1.29 is 29.3 Å². The van der Waals surface area contributed by atoms with Crippen molar-refractivity contribution in [2.45, 2.75) is 44.4 Å². The van der Waals surface area contributed by atoms with E-state index in [1.54, 1.807) is 0 Å². The van der Waals surface area contributed by atoms with E-state index >= 15 is 0 Å². The first-order valence-corrected chi connectivity index (χ1v) is 10.1. The Balaban J connectivity index is 1.66. The van der Waals surface area contributed by atoms with Gasteiger partial charge in [0.15, 0.2) is 0 Å². The number of aryl methyl sites for hydroxylation is 1. The monoisotopic (exact) mass is 428 g/mol. The van der Waals surface area contributed by atoms with Crippen LogP contribution < -0.4 is 10.6 Å². The molecule has 0 radical (unpaired) electrons. The number of hydrogen-bond donors (Lipinski definition) is 4. The zero-order valence-electron chi connectivity index (χ0n) is 17.2. The van der Waals surface area contributed by atoms with Gasteiger partial charge in [-0.05, 0) is 30.4 Å². The summed E-state index contributed by atoms with van der Waals surface area (Å²) in [5.41, 5.74) is 1.92. The average molecular weight is 428 g/mol. The van der Waals surface area contributed by atoms with Crippen LogP contribution in [0.3, 0.4) is 0 Å². The maximum atomic E-state index is 12.1. The van der Waals surface area contributed by atoms with Crippen LogP contribution >= 0.6 is 0 Å². The normalized spacial score (nSPS) is 12.4. The van der Waals surface area contributed by atoms with E-state index in [2.05, 4.69) is 10.6 Å². The molecule has 0 aliphatic heterocycles. The number of ether oxygens (including phenoxy) is 1. The molecule has 0 unspecified atom stereocenters. The minimum atomic E-state index is -1.16. The molecule has 4 N–H and O–H groups in total. The van der Waals surface area contributed by atoms with Gasteiger partial charge in [0.2, 0.25) is 5.91 Å². The third-order valence-corrected chi connectivity index (χ3v) is 4.55. The molecule has 0 saturated carbocycles. The molecule has 166 valence electrons. The van der Waals surface area contributed by atoms with Crippen molar-refractivity contribution in [1.82, 2.24) is 10.6 Å². The van der Waals surface area contributed by atoms with Crippen molar-refractivity contribution in [3.63, 3.8) is 0 Å². The SMILES string of the molecule is O=C(C[C@H](O)CNC(=O)OCc1ccccc1)N[C@@H](CCCc1ccccc1)C(=O)O. The van der Waals surface area contributed by atoms with Crippen molar-refractivity contribution in [2.24, 2.45) is 0 Å². The highest BCUT2D eigenvalue weighted by Gasteiger charge is 2.21. The molecule has 0 aromatic heterocycles. The summed E-state index contributed by atoms with van der Waals surface area (Å²) in [5, 5.41) is 24.1. The molecule has 2 rings (SSSR count). The number of carbonyl (C=O) groups is 3. The van der Waals surface area contributed by atoms with Gasteiger partial charge in [-0.1, -0.05) is 60.7 Å². The van der Waals surface area contributed by atoms with E-state index in [9.17, 15) is 24.6 Å². The Bertz CT molecular complexity index is 828. The van der Waals surface area contributed by atoms with Crippen molar-refractivity contribution in [3.05, 3.63) is 71.8 Å². The van der Waals surface area contributed by atoms with Crippen LogP contribution in [0.25, 0.3) is 0 Å². The van der Waals surface area contributed by atoms with Gasteiger partial charge in [0, 0.05) is 6.54 Å². The lowest BCUT2D eigenvalue weighted by molar-refractivity contribution is -0.142. The van der Waals surface area contributed by atoms with Gasteiger partial charge >= 0.3 is 12.1 Å². The van der Waals surface area contributed by atoms with E-state index in [1.807, 2.05) is 60.7 Å². The lowest BCUT2D eigenvalue weighted by Crippen LogP contribution is -2.43. The van der Waals surface area contributed by atoms with Crippen LogP contribution in [0.5, 0.6) is 0 Å². The quantitative estimate of drug-likeness (QED) is 0.411. The number of carboxylic acids is 1. The summed E-state index contributed by atoms with van der Waals surface area (Å²) in [4.78, 5) is 35.2. The van der Waals surface area contributed by atoms with Crippen LogP contribution in [0.15, 0.2) is 60.7 Å². The van der Waals surface area contributed by atoms with E-state index in [0.29, 0.717) is 12.8 Å². The molecule has 0 fully saturated rings. The van der Waals surface area contributed by atoms with E-state index in [1.165, 1.54) is 0 Å². The highest BCUT2D eigenvalue weighted by Crippen LogP contribution is 2.07. The fraction of sp³-hybridized carbons (Fsp3) is 0.348. The highest BCUT2D eigenvalue weighted by atomic mass is 16.5. The van der Waals surface area contributed by atoms with Crippen molar-refractivity contribution in [2.75, 3.05) is 6.54 Å². The van der Waals surface area contributed by atoms with Gasteiger partial charge in [0.1, 0.15) is 12.6 Å². The number of benzene rings is 2. The number of carbonyl (C=O) groups excluding carboxylic acids is 2. The molecule has 0 aliphatic rings. The summed E-state index contributed by atoms with van der Waals surface area (Å²) in [6.45, 7) is -0.0979. The summed E-state index contributed by atoms with van der Waals surface area (Å²) >= 11 is 0. The Hall–Kier alpha value is -3.39. The summed E-state index contributed by atoms with van der Waals surface area (Å²) in [6, 6.07) is 17.7. The number of aliphatic hydroxyl groups excluding tert-OH is 1. The molecule has 2 amide bonds. The first kappa shape index (κ1) is 23.9. The van der Waals surface area contributed by atoms with Crippen molar-refractivity contribution >= 4 is 18.0 Å². The third-order valence-electron chi connectivity index (χ3n) is 4.55. The molecule has 0 aliphatic carbocycles. The van der Waals surface area contributed by atoms with Crippen LogP contribution in [0.2, 0.25) is 0 Å². The van der Waals surface area contributed by atoms with Crippen LogP contribution in [0, 0.1) is 0 Å². The zero-order chi connectivity index (χ0) is 22.5. The number of alkyl carbamates (subject to hydrolysis) is 1. The Morgan fingerprint density at radius 2 is 1.55 bits per heavy atom. The van der Waals surface area contributed by atoms with Crippen LogP contribution in [-0.2, 0) is 27.4 Å². The number of aliphatic carboxylic acids is 1. The molecular formula is C23H28N2O6. The van der Waals surface area contributed by atoms with Gasteiger partial charge in [0.25, 0.3) is 0 Å². The number of rotatable bonds is 12. The van der Waals surface area contributed by atoms with Gasteiger partial charge in [-0.2, -0.15) is 0 Å². The Labute approximate surface area is 181 Å². The standard InChI is InChI=1S/C23H28N2O6/c26-19(15-24-23(30)31-16-18-10-5-2-6-11-18)14-21(27)25-20(22(28)29)13-7-12-17-8-3-1-4-9-17/h1-6,8-11,19-20,26H,7,12-16H2,(H,24,30)(H,25,27)(H,28,29)/t19-,20-/m0/s1. The summed E-state index contributed by atoms with van der Waals surface area (Å²) in [6.07, 6.45) is -0.635. The van der Waals surface area contributed by atoms with Crippen LogP contribution in [0.1, 0.15) is 30.4 Å². The molecule has 31 heavy (non-hydrogen) atoms. The fourth-order valence-electron chi connectivity index (χ4n) is 2.93. The Morgan fingerprint density at radius 1 is 0.935 bits per heavy atom. The summed E-state index contributed by atoms with van der Waals surface area (Å²) < 4.78 is 5.02. The molecule has 0 saturated heterocycles. The lowest BCUT2D eigenvalue weighted by Gasteiger charge is -2.16. The first-order valence-electron chi connectivity index (χ1n) is 10.1. The lowest BCUT2D eigenvalue weighted by atomic mass is 10.0. The van der Waals surface area contributed by atoms with Gasteiger partial charge in [0.05, 0.1) is 12.5 Å². The van der Waals surface area contributed by atoms with Gasteiger partial charge in [-0.3, -0.25) is 4.79 Å². The second-order valence-corrected chi connectivity index (χ2v) is 7.14. The molecule has 2 aromatic rings. The smallest absolute Gasteiger partial charge is 0.407 e. The van der Waals surface area contributed by atoms with Crippen molar-refractivity contribution in [3.8, 4) is 0 Å². The molecular weight excluding hydrogens is 400 g/mol. The predicted molar refractivity (Wildman–Crippen MR) is 114 cm³/mol.